The van der Waals surface area contributed by atoms with E-state index in [2.05, 4.69) is 6.07 Å². The fourth-order valence-electron chi connectivity index (χ4n) is 4.63. The van der Waals surface area contributed by atoms with Crippen molar-refractivity contribution < 1.29 is 19.7 Å². The Morgan fingerprint density at radius 3 is 2.55 bits per heavy atom. The van der Waals surface area contributed by atoms with Crippen LogP contribution in [-0.4, -0.2) is 38.1 Å². The molecule has 0 fully saturated rings. The van der Waals surface area contributed by atoms with Gasteiger partial charge in [0, 0.05) is 42.1 Å². The van der Waals surface area contributed by atoms with Crippen LogP contribution in [0.4, 0.5) is 0 Å². The van der Waals surface area contributed by atoms with Crippen LogP contribution < -0.4 is 4.74 Å². The SMILES string of the molecule is CC(C)Oc1ccc(C(=O)C[C@H](CCO)Cc2ccc(-c3cn4cccc([C@@H](C)O)c4n3)cc2)cc1C#N. The van der Waals surface area contributed by atoms with Gasteiger partial charge >= 0.3 is 0 Å². The molecule has 0 saturated heterocycles. The van der Waals surface area contributed by atoms with Crippen molar-refractivity contribution in [3.05, 3.63) is 89.2 Å². The lowest BCUT2D eigenvalue weighted by Gasteiger charge is -2.16. The number of imidazole rings is 1. The van der Waals surface area contributed by atoms with Crippen molar-refractivity contribution in [1.29, 1.82) is 5.26 Å². The summed E-state index contributed by atoms with van der Waals surface area (Å²) >= 11 is 0. The summed E-state index contributed by atoms with van der Waals surface area (Å²) in [4.78, 5) is 17.8. The van der Waals surface area contributed by atoms with E-state index in [1.807, 2.05) is 67.0 Å². The van der Waals surface area contributed by atoms with Crippen molar-refractivity contribution in [3.63, 3.8) is 0 Å². The number of hydrogen-bond donors (Lipinski definition) is 2. The molecule has 2 aromatic heterocycles. The standard InChI is InChI=1S/C31H33N3O4/c1-20(2)38-30-11-10-25(17-26(30)18-32)29(37)16-23(12-14-35)15-22-6-8-24(9-7-22)28-19-34-13-4-5-27(21(3)36)31(34)33-28/h4-11,13,17,19-21,23,35-36H,12,14-16H2,1-3H3/t21-,23-/m1/s1. The maximum absolute atomic E-state index is 13.1. The molecule has 0 spiro atoms. The van der Waals surface area contributed by atoms with E-state index in [0.29, 0.717) is 29.7 Å². The van der Waals surface area contributed by atoms with Gasteiger partial charge in [0.25, 0.3) is 0 Å². The molecule has 0 aliphatic rings. The van der Waals surface area contributed by atoms with Crippen LogP contribution in [0.2, 0.25) is 0 Å². The summed E-state index contributed by atoms with van der Waals surface area (Å²) in [7, 11) is 0. The highest BCUT2D eigenvalue weighted by atomic mass is 16.5. The lowest BCUT2D eigenvalue weighted by atomic mass is 9.89. The zero-order valence-corrected chi connectivity index (χ0v) is 22.0. The molecule has 0 aliphatic carbocycles. The fourth-order valence-corrected chi connectivity index (χ4v) is 4.63. The number of rotatable bonds is 11. The van der Waals surface area contributed by atoms with Crippen LogP contribution in [0.3, 0.4) is 0 Å². The molecule has 2 atom stereocenters. The molecule has 2 heterocycles. The summed E-state index contributed by atoms with van der Waals surface area (Å²) in [5.41, 5.74) is 5.14. The number of ketones is 1. The quantitative estimate of drug-likeness (QED) is 0.257. The average Bonchev–Trinajstić information content (AvgIpc) is 3.33. The van der Waals surface area contributed by atoms with Gasteiger partial charge in [-0.3, -0.25) is 4.79 Å². The highest BCUT2D eigenvalue weighted by molar-refractivity contribution is 5.96. The zero-order chi connectivity index (χ0) is 27.2. The van der Waals surface area contributed by atoms with Crippen LogP contribution >= 0.6 is 0 Å². The van der Waals surface area contributed by atoms with Gasteiger partial charge < -0.3 is 19.4 Å². The maximum atomic E-state index is 13.1. The molecule has 7 heteroatoms. The first-order valence-corrected chi connectivity index (χ1v) is 12.9. The Labute approximate surface area is 223 Å². The maximum Gasteiger partial charge on any atom is 0.163 e. The number of carbonyl (C=O) groups is 1. The largest absolute Gasteiger partial charge is 0.490 e. The van der Waals surface area contributed by atoms with Gasteiger partial charge in [0.2, 0.25) is 0 Å². The highest BCUT2D eigenvalue weighted by Gasteiger charge is 2.18. The lowest BCUT2D eigenvalue weighted by Crippen LogP contribution is -2.14. The second-order valence-corrected chi connectivity index (χ2v) is 9.89. The van der Waals surface area contributed by atoms with Crippen LogP contribution in [0, 0.1) is 17.2 Å². The number of aliphatic hydroxyl groups excluding tert-OH is 2. The van der Waals surface area contributed by atoms with Gasteiger partial charge in [-0.2, -0.15) is 5.26 Å². The number of nitrogens with zero attached hydrogens (tertiary/aromatic N) is 3. The van der Waals surface area contributed by atoms with E-state index in [-0.39, 0.29) is 30.8 Å². The van der Waals surface area contributed by atoms with E-state index in [4.69, 9.17) is 9.72 Å². The topological polar surface area (TPSA) is 108 Å². The van der Waals surface area contributed by atoms with E-state index in [0.717, 1.165) is 28.0 Å². The molecule has 0 saturated carbocycles. The number of ether oxygens (including phenoxy) is 1. The molecular weight excluding hydrogens is 478 g/mol. The summed E-state index contributed by atoms with van der Waals surface area (Å²) in [6.07, 6.45) is 4.58. The summed E-state index contributed by atoms with van der Waals surface area (Å²) in [6, 6.07) is 18.9. The molecule has 2 aromatic carbocycles. The number of aliphatic hydroxyl groups is 2. The lowest BCUT2D eigenvalue weighted by molar-refractivity contribution is 0.0953. The Balaban J connectivity index is 1.47. The molecule has 0 unspecified atom stereocenters. The number of nitriles is 1. The van der Waals surface area contributed by atoms with Crippen molar-refractivity contribution >= 4 is 11.4 Å². The molecule has 4 rings (SSSR count). The second kappa shape index (κ2) is 12.0. The number of Topliss-reactive ketones (excluding diaryl/α,β-unsaturated/α-hetero) is 1. The Morgan fingerprint density at radius 1 is 1.13 bits per heavy atom. The summed E-state index contributed by atoms with van der Waals surface area (Å²) < 4.78 is 7.57. The summed E-state index contributed by atoms with van der Waals surface area (Å²) in [6.45, 7) is 5.49. The van der Waals surface area contributed by atoms with E-state index >= 15 is 0 Å². The van der Waals surface area contributed by atoms with Crippen LogP contribution in [0.25, 0.3) is 16.9 Å². The number of fused-ring (bicyclic) bond motifs is 1. The van der Waals surface area contributed by atoms with Gasteiger partial charge in [-0.15, -0.1) is 0 Å². The molecule has 0 radical (unpaired) electrons. The van der Waals surface area contributed by atoms with Crippen molar-refractivity contribution in [1.82, 2.24) is 9.38 Å². The Hall–Kier alpha value is -3.99. The third-order valence-electron chi connectivity index (χ3n) is 6.53. The molecule has 2 N–H and O–H groups in total. The van der Waals surface area contributed by atoms with Crippen molar-refractivity contribution in [2.24, 2.45) is 5.92 Å². The average molecular weight is 512 g/mol. The second-order valence-electron chi connectivity index (χ2n) is 9.89. The molecular formula is C31H33N3O4. The predicted octanol–water partition coefficient (Wildman–Crippen LogP) is 5.53. The van der Waals surface area contributed by atoms with E-state index in [1.54, 1.807) is 25.1 Å². The van der Waals surface area contributed by atoms with Gasteiger partial charge in [0.05, 0.1) is 23.5 Å². The van der Waals surface area contributed by atoms with E-state index in [9.17, 15) is 20.3 Å². The van der Waals surface area contributed by atoms with Gasteiger partial charge in [0.1, 0.15) is 17.5 Å². The minimum atomic E-state index is -0.611. The molecule has 0 amide bonds. The smallest absolute Gasteiger partial charge is 0.163 e. The highest BCUT2D eigenvalue weighted by Crippen LogP contribution is 2.27. The van der Waals surface area contributed by atoms with Crippen LogP contribution in [-0.2, 0) is 6.42 Å². The first-order chi connectivity index (χ1) is 18.3. The fraction of sp³-hybridized carbons (Fsp3) is 0.323. The third-order valence-corrected chi connectivity index (χ3v) is 6.53. The number of benzene rings is 2. The minimum absolute atomic E-state index is 0.00645. The van der Waals surface area contributed by atoms with Gasteiger partial charge in [0.15, 0.2) is 5.78 Å². The normalized spacial score (nSPS) is 12.9. The Kier molecular flexibility index (Phi) is 8.57. The first-order valence-electron chi connectivity index (χ1n) is 12.9. The van der Waals surface area contributed by atoms with E-state index in [1.165, 1.54) is 0 Å². The first kappa shape index (κ1) is 27.1. The summed E-state index contributed by atoms with van der Waals surface area (Å²) in [5, 5.41) is 29.2. The van der Waals surface area contributed by atoms with Gasteiger partial charge in [-0.05, 0) is 69.4 Å². The molecule has 196 valence electrons. The van der Waals surface area contributed by atoms with E-state index < -0.39 is 6.10 Å². The molecule has 7 nitrogen and oxygen atoms in total. The van der Waals surface area contributed by atoms with Gasteiger partial charge in [-0.25, -0.2) is 4.98 Å². The van der Waals surface area contributed by atoms with Crippen molar-refractivity contribution in [2.45, 2.75) is 52.2 Å². The van der Waals surface area contributed by atoms with Crippen molar-refractivity contribution in [3.8, 4) is 23.1 Å². The predicted molar refractivity (Wildman–Crippen MR) is 146 cm³/mol. The molecule has 38 heavy (non-hydrogen) atoms. The monoisotopic (exact) mass is 511 g/mol. The number of hydrogen-bond acceptors (Lipinski definition) is 6. The number of carbonyl (C=O) groups excluding carboxylic acids is 1. The third kappa shape index (κ3) is 6.28. The summed E-state index contributed by atoms with van der Waals surface area (Å²) in [5.74, 6) is 0.365. The van der Waals surface area contributed by atoms with Crippen LogP contribution in [0.5, 0.6) is 5.75 Å². The zero-order valence-electron chi connectivity index (χ0n) is 22.0. The van der Waals surface area contributed by atoms with Crippen LogP contribution in [0.1, 0.15) is 66.8 Å². The Bertz CT molecular complexity index is 1450. The number of pyridine rings is 1. The van der Waals surface area contributed by atoms with Crippen molar-refractivity contribution in [2.75, 3.05) is 6.61 Å². The molecule has 0 bridgehead atoms. The van der Waals surface area contributed by atoms with Gasteiger partial charge in [-0.1, -0.05) is 30.3 Å². The molecule has 4 aromatic rings. The molecule has 0 aliphatic heterocycles. The van der Waals surface area contributed by atoms with Crippen LogP contribution in [0.15, 0.2) is 67.0 Å². The minimum Gasteiger partial charge on any atom is -0.490 e. The number of aromatic nitrogens is 2. The Morgan fingerprint density at radius 2 is 1.89 bits per heavy atom.